The molecule has 0 aromatic heterocycles. The molecule has 0 fully saturated rings. The lowest BCUT2D eigenvalue weighted by molar-refractivity contribution is -0.106. The van der Waals surface area contributed by atoms with Gasteiger partial charge in [0.15, 0.2) is 0 Å². The summed E-state index contributed by atoms with van der Waals surface area (Å²) in [5.41, 5.74) is 4.19. The number of hydrogen-bond donors (Lipinski definition) is 0. The van der Waals surface area contributed by atoms with E-state index < -0.39 is 0 Å². The number of rotatable bonds is 3. The molecule has 1 amide bonds. The van der Waals surface area contributed by atoms with Gasteiger partial charge in [0.2, 0.25) is 13.7 Å². The van der Waals surface area contributed by atoms with Crippen molar-refractivity contribution in [2.24, 2.45) is 9.98 Å². The first-order chi connectivity index (χ1) is 9.81. The van der Waals surface area contributed by atoms with Crippen LogP contribution in [-0.4, -0.2) is 26.0 Å². The second-order valence-electron chi connectivity index (χ2n) is 3.45. The third-order valence-electron chi connectivity index (χ3n) is 2.41. The van der Waals surface area contributed by atoms with Gasteiger partial charge in [0.1, 0.15) is 0 Å². The maximum Gasteiger partial charge on any atom is 0.232 e. The van der Waals surface area contributed by atoms with Crippen LogP contribution in [-0.2, 0) is 4.79 Å². The molecular formula is C16H18BN2O. The van der Waals surface area contributed by atoms with Gasteiger partial charge in [0.05, 0.1) is 0 Å². The first-order valence-corrected chi connectivity index (χ1v) is 6.30. The summed E-state index contributed by atoms with van der Waals surface area (Å²) in [5.74, 6) is 0. The van der Waals surface area contributed by atoms with E-state index in [0.717, 1.165) is 22.3 Å². The largest absolute Gasteiger partial charge is 0.277 e. The van der Waals surface area contributed by atoms with Gasteiger partial charge in [-0.2, -0.15) is 0 Å². The summed E-state index contributed by atoms with van der Waals surface area (Å²) in [5, 5.41) is 0. The molecule has 0 atom stereocenters. The molecule has 101 valence electrons. The normalized spacial score (nSPS) is 12.1. The van der Waals surface area contributed by atoms with Crippen LogP contribution in [0.25, 0.3) is 5.47 Å². The summed E-state index contributed by atoms with van der Waals surface area (Å²) >= 11 is 0. The van der Waals surface area contributed by atoms with Gasteiger partial charge in [-0.3, -0.25) is 9.79 Å². The van der Waals surface area contributed by atoms with E-state index in [4.69, 9.17) is 0 Å². The second-order valence-corrected chi connectivity index (χ2v) is 3.45. The van der Waals surface area contributed by atoms with Crippen LogP contribution in [0.1, 0.15) is 31.9 Å². The highest BCUT2D eigenvalue weighted by molar-refractivity contribution is 6.85. The average Bonchev–Trinajstić information content (AvgIpc) is 2.96. The van der Waals surface area contributed by atoms with Gasteiger partial charge in [-0.05, 0) is 24.2 Å². The lowest BCUT2D eigenvalue weighted by Gasteiger charge is -2.03. The highest BCUT2D eigenvalue weighted by Crippen LogP contribution is 2.21. The van der Waals surface area contributed by atoms with E-state index in [2.05, 4.69) is 22.8 Å². The van der Waals surface area contributed by atoms with Crippen LogP contribution in [0.3, 0.4) is 0 Å². The molecule has 0 N–H and O–H groups in total. The molecule has 0 bridgehead atoms. The van der Waals surface area contributed by atoms with Crippen molar-refractivity contribution < 1.29 is 4.79 Å². The molecule has 1 aliphatic heterocycles. The van der Waals surface area contributed by atoms with Crippen molar-refractivity contribution in [1.29, 1.82) is 0 Å². The minimum atomic E-state index is 0.527. The van der Waals surface area contributed by atoms with E-state index in [0.29, 0.717) is 6.41 Å². The lowest BCUT2D eigenvalue weighted by atomic mass is 9.69. The number of terminal acetylenes is 1. The van der Waals surface area contributed by atoms with E-state index in [1.165, 1.54) is 6.21 Å². The molecule has 1 heterocycles. The molecule has 4 heteroatoms. The Morgan fingerprint density at radius 3 is 2.25 bits per heavy atom. The summed E-state index contributed by atoms with van der Waals surface area (Å²) in [6.45, 7) is 5.98. The van der Waals surface area contributed by atoms with Gasteiger partial charge in [-0.1, -0.05) is 43.6 Å². The smallest absolute Gasteiger partial charge is 0.232 e. The Morgan fingerprint density at radius 1 is 1.20 bits per heavy atom. The first kappa shape index (κ1) is 17.6. The molecule has 0 unspecified atom stereocenters. The highest BCUT2D eigenvalue weighted by Gasteiger charge is 2.09. The highest BCUT2D eigenvalue weighted by atomic mass is 16.1. The zero-order chi connectivity index (χ0) is 15.4. The maximum absolute atomic E-state index is 10.1. The van der Waals surface area contributed by atoms with Crippen molar-refractivity contribution in [2.75, 3.05) is 0 Å². The minimum Gasteiger partial charge on any atom is -0.277 e. The first-order valence-electron chi connectivity index (χ1n) is 6.30. The molecule has 0 saturated carbocycles. The van der Waals surface area contributed by atoms with Gasteiger partial charge in [0, 0.05) is 11.9 Å². The molecule has 1 aliphatic rings. The second kappa shape index (κ2) is 10.5. The van der Waals surface area contributed by atoms with Crippen molar-refractivity contribution in [2.45, 2.75) is 20.8 Å². The number of nitrogens with zero attached hydrogens (tertiary/aromatic N) is 2. The summed E-state index contributed by atoms with van der Waals surface area (Å²) in [7, 11) is 1.99. The third-order valence-corrected chi connectivity index (χ3v) is 2.41. The average molecular weight is 265 g/mol. The lowest BCUT2D eigenvalue weighted by Crippen LogP contribution is -1.94. The van der Waals surface area contributed by atoms with E-state index in [1.54, 1.807) is 6.11 Å². The number of hydrogen-bond acceptors (Lipinski definition) is 2. The Morgan fingerprint density at radius 2 is 1.80 bits per heavy atom. The molecule has 0 aliphatic carbocycles. The van der Waals surface area contributed by atoms with Gasteiger partial charge in [-0.15, -0.1) is 12.8 Å². The maximum atomic E-state index is 10.1. The Labute approximate surface area is 121 Å². The summed E-state index contributed by atoms with van der Waals surface area (Å²) in [4.78, 5) is 17.8. The number of benzene rings is 1. The number of carbonyl (C=O) groups excluding carboxylic acids is 1. The van der Waals surface area contributed by atoms with Crippen LogP contribution in [0.15, 0.2) is 39.9 Å². The molecule has 20 heavy (non-hydrogen) atoms. The van der Waals surface area contributed by atoms with E-state index in [1.807, 2.05) is 52.3 Å². The third kappa shape index (κ3) is 5.07. The Hall–Kier alpha value is -2.41. The summed E-state index contributed by atoms with van der Waals surface area (Å²) in [6, 6.07) is 7.84. The van der Waals surface area contributed by atoms with Gasteiger partial charge in [0.25, 0.3) is 0 Å². The van der Waals surface area contributed by atoms with E-state index in [-0.39, 0.29) is 0 Å². The molecule has 2 rings (SSSR count). The predicted octanol–water partition coefficient (Wildman–Crippen LogP) is 2.97. The van der Waals surface area contributed by atoms with Crippen molar-refractivity contribution in [3.63, 3.8) is 0 Å². The zero-order valence-corrected chi connectivity index (χ0v) is 12.1. The molecular weight excluding hydrogens is 247 g/mol. The van der Waals surface area contributed by atoms with E-state index >= 15 is 0 Å². The number of allylic oxidation sites excluding steroid dienone is 1. The van der Waals surface area contributed by atoms with Gasteiger partial charge >= 0.3 is 0 Å². The van der Waals surface area contributed by atoms with E-state index in [9.17, 15) is 4.79 Å². The molecule has 1 radical (unpaired) electrons. The fourth-order valence-electron chi connectivity index (χ4n) is 1.58. The van der Waals surface area contributed by atoms with Gasteiger partial charge < -0.3 is 0 Å². The Kier molecular flexibility index (Phi) is 9.25. The van der Waals surface area contributed by atoms with Crippen LogP contribution in [0.4, 0.5) is 0 Å². The van der Waals surface area contributed by atoms with Crippen molar-refractivity contribution in [3.05, 3.63) is 41.1 Å². The van der Waals surface area contributed by atoms with Crippen molar-refractivity contribution in [1.82, 2.24) is 0 Å². The number of amides is 1. The minimum absolute atomic E-state index is 0.527. The molecule has 1 aromatic carbocycles. The Bertz CT molecular complexity index is 525. The quantitative estimate of drug-likeness (QED) is 0.358. The monoisotopic (exact) mass is 265 g/mol. The molecule has 0 spiro atoms. The van der Waals surface area contributed by atoms with Crippen LogP contribution in [0.5, 0.6) is 0 Å². The van der Waals surface area contributed by atoms with Crippen LogP contribution in [0, 0.1) is 12.8 Å². The zero-order valence-electron chi connectivity index (χ0n) is 12.1. The molecule has 3 nitrogen and oxygen atoms in total. The fourth-order valence-corrected chi connectivity index (χ4v) is 1.58. The SMILES string of the molecule is C#C.CC.CC1=C(c2ccc(C=NC=O)cc2)[B]C=N1. The Balaban J connectivity index is 0.000000829. The fraction of sp³-hybridized carbons (Fsp3) is 0.188. The number of aliphatic imine (C=N–C) groups is 2. The number of carbonyl (C=O) groups is 1. The molecule has 1 aromatic rings. The van der Waals surface area contributed by atoms with Crippen LogP contribution >= 0.6 is 0 Å². The van der Waals surface area contributed by atoms with Gasteiger partial charge in [-0.25, -0.2) is 4.99 Å². The standard InChI is InChI=1S/C12H10BN2O.C2H6.C2H2/c1-9-12(13-7-15-9)11-4-2-10(3-5-11)6-14-8-16;2*1-2/h2-8H,1H3;1-2H3;1-2H. The predicted molar refractivity (Wildman–Crippen MR) is 88.2 cm³/mol. The summed E-state index contributed by atoms with van der Waals surface area (Å²) in [6.07, 6.45) is 11.9. The topological polar surface area (TPSA) is 41.8 Å². The summed E-state index contributed by atoms with van der Waals surface area (Å²) < 4.78 is 0. The molecule has 0 saturated heterocycles. The van der Waals surface area contributed by atoms with Crippen LogP contribution < -0.4 is 0 Å². The van der Waals surface area contributed by atoms with Crippen LogP contribution in [0.2, 0.25) is 0 Å². The van der Waals surface area contributed by atoms with Crippen molar-refractivity contribution >= 4 is 31.5 Å². The van der Waals surface area contributed by atoms with Crippen molar-refractivity contribution in [3.8, 4) is 12.8 Å².